The smallest absolute Gasteiger partial charge is 0.410 e. The van der Waals surface area contributed by atoms with E-state index in [0.29, 0.717) is 55.1 Å². The Balaban J connectivity index is 1.44. The number of hydrogen-bond donors (Lipinski definition) is 0. The third-order valence-corrected chi connectivity index (χ3v) is 5.29. The summed E-state index contributed by atoms with van der Waals surface area (Å²) in [5.41, 5.74) is 1.42. The molecule has 158 valence electrons. The van der Waals surface area contributed by atoms with Crippen molar-refractivity contribution in [3.63, 3.8) is 0 Å². The van der Waals surface area contributed by atoms with Crippen LogP contribution in [0.4, 0.5) is 10.7 Å². The second-order valence-corrected chi connectivity index (χ2v) is 7.19. The quantitative estimate of drug-likeness (QED) is 0.639. The van der Waals surface area contributed by atoms with E-state index >= 15 is 0 Å². The maximum Gasteiger partial charge on any atom is 0.410 e. The van der Waals surface area contributed by atoms with Crippen molar-refractivity contribution in [3.8, 4) is 6.07 Å². The Morgan fingerprint density at radius 3 is 2.61 bits per heavy atom. The number of nitriles is 1. The lowest BCUT2D eigenvalue weighted by molar-refractivity contribution is 0.0941. The number of benzene rings is 1. The molecular weight excluding hydrogens is 396 g/mol. The van der Waals surface area contributed by atoms with E-state index in [1.54, 1.807) is 4.90 Å². The SMILES string of the molecule is CCn1cc(C#N)c2nc(N3CCN(C(=O)OCc4ccccc4)CC3)ncc2c1=O. The van der Waals surface area contributed by atoms with Crippen LogP contribution in [0.5, 0.6) is 0 Å². The predicted molar refractivity (Wildman–Crippen MR) is 115 cm³/mol. The van der Waals surface area contributed by atoms with Crippen molar-refractivity contribution in [2.75, 3.05) is 31.1 Å². The summed E-state index contributed by atoms with van der Waals surface area (Å²) in [4.78, 5) is 37.3. The third kappa shape index (κ3) is 4.19. The van der Waals surface area contributed by atoms with Crippen molar-refractivity contribution in [1.82, 2.24) is 19.4 Å². The minimum absolute atomic E-state index is 0.214. The van der Waals surface area contributed by atoms with E-state index in [0.717, 1.165) is 5.56 Å². The van der Waals surface area contributed by atoms with E-state index in [4.69, 9.17) is 4.74 Å². The number of piperazine rings is 1. The van der Waals surface area contributed by atoms with E-state index < -0.39 is 0 Å². The molecule has 0 atom stereocenters. The number of hydrogen-bond acceptors (Lipinski definition) is 7. The molecule has 3 heterocycles. The molecule has 2 aromatic heterocycles. The molecule has 1 aliphatic heterocycles. The molecule has 1 aromatic carbocycles. The number of amides is 1. The molecule has 0 spiro atoms. The van der Waals surface area contributed by atoms with Crippen LogP contribution in [-0.2, 0) is 17.9 Å². The van der Waals surface area contributed by atoms with Crippen LogP contribution in [0.1, 0.15) is 18.1 Å². The standard InChI is InChI=1S/C22H22N6O3/c1-2-26-14-17(12-23)19-18(20(26)29)13-24-21(25-19)27-8-10-28(11-9-27)22(30)31-15-16-6-4-3-5-7-16/h3-7,13-14H,2,8-11,15H2,1H3. The number of carbonyl (C=O) groups is 1. The Kier molecular flexibility index (Phi) is 5.80. The summed E-state index contributed by atoms with van der Waals surface area (Å²) < 4.78 is 6.87. The van der Waals surface area contributed by atoms with Crippen LogP contribution in [0.2, 0.25) is 0 Å². The molecule has 9 heteroatoms. The van der Waals surface area contributed by atoms with Crippen molar-refractivity contribution in [2.45, 2.75) is 20.1 Å². The van der Waals surface area contributed by atoms with Gasteiger partial charge in [0.25, 0.3) is 5.56 Å². The Morgan fingerprint density at radius 1 is 1.19 bits per heavy atom. The van der Waals surface area contributed by atoms with E-state index in [1.807, 2.05) is 42.2 Å². The first-order valence-corrected chi connectivity index (χ1v) is 10.1. The topological polar surface area (TPSA) is 104 Å². The summed E-state index contributed by atoms with van der Waals surface area (Å²) in [5, 5.41) is 9.81. The Labute approximate surface area is 179 Å². The fourth-order valence-electron chi connectivity index (χ4n) is 3.53. The maximum atomic E-state index is 12.5. The van der Waals surface area contributed by atoms with Crippen molar-refractivity contribution in [2.24, 2.45) is 0 Å². The zero-order valence-corrected chi connectivity index (χ0v) is 17.2. The average molecular weight is 418 g/mol. The minimum Gasteiger partial charge on any atom is -0.445 e. The van der Waals surface area contributed by atoms with Gasteiger partial charge in [0, 0.05) is 45.1 Å². The second kappa shape index (κ2) is 8.83. The molecule has 0 aliphatic carbocycles. The second-order valence-electron chi connectivity index (χ2n) is 7.19. The largest absolute Gasteiger partial charge is 0.445 e. The van der Waals surface area contributed by atoms with Gasteiger partial charge in [0.05, 0.1) is 10.9 Å². The van der Waals surface area contributed by atoms with Crippen LogP contribution < -0.4 is 10.5 Å². The molecule has 0 unspecified atom stereocenters. The van der Waals surface area contributed by atoms with Gasteiger partial charge in [-0.1, -0.05) is 30.3 Å². The van der Waals surface area contributed by atoms with Crippen LogP contribution in [-0.4, -0.2) is 51.7 Å². The molecule has 0 N–H and O–H groups in total. The van der Waals surface area contributed by atoms with E-state index in [9.17, 15) is 14.9 Å². The fourth-order valence-corrected chi connectivity index (χ4v) is 3.53. The number of aryl methyl sites for hydroxylation is 1. The predicted octanol–water partition coefficient (Wildman–Crippen LogP) is 2.14. The zero-order valence-electron chi connectivity index (χ0n) is 17.2. The summed E-state index contributed by atoms with van der Waals surface area (Å²) in [6.07, 6.45) is 2.66. The number of fused-ring (bicyclic) bond motifs is 1. The molecule has 0 bridgehead atoms. The first kappa shape index (κ1) is 20.3. The normalized spacial score (nSPS) is 13.8. The lowest BCUT2D eigenvalue weighted by atomic mass is 10.2. The number of aromatic nitrogens is 3. The molecule has 3 aromatic rings. The van der Waals surface area contributed by atoms with Gasteiger partial charge in [-0.3, -0.25) is 4.79 Å². The van der Waals surface area contributed by atoms with Crippen LogP contribution in [0.3, 0.4) is 0 Å². The molecule has 0 radical (unpaired) electrons. The van der Waals surface area contributed by atoms with Gasteiger partial charge >= 0.3 is 6.09 Å². The van der Waals surface area contributed by atoms with Crippen LogP contribution in [0, 0.1) is 11.3 Å². The lowest BCUT2D eigenvalue weighted by Crippen LogP contribution is -2.49. The van der Waals surface area contributed by atoms with Crippen molar-refractivity contribution >= 4 is 22.9 Å². The number of ether oxygens (including phenoxy) is 1. The molecule has 4 rings (SSSR count). The highest BCUT2D eigenvalue weighted by Gasteiger charge is 2.24. The van der Waals surface area contributed by atoms with E-state index in [2.05, 4.69) is 16.0 Å². The van der Waals surface area contributed by atoms with Gasteiger partial charge in [-0.2, -0.15) is 5.26 Å². The lowest BCUT2D eigenvalue weighted by Gasteiger charge is -2.34. The van der Waals surface area contributed by atoms with Crippen molar-refractivity contribution in [3.05, 3.63) is 64.2 Å². The molecule has 1 amide bonds. The summed E-state index contributed by atoms with van der Waals surface area (Å²) in [6.45, 7) is 4.54. The molecule has 1 fully saturated rings. The van der Waals surface area contributed by atoms with E-state index in [-0.39, 0.29) is 18.3 Å². The highest BCUT2D eigenvalue weighted by atomic mass is 16.6. The van der Waals surface area contributed by atoms with Gasteiger partial charge in [0.1, 0.15) is 18.2 Å². The van der Waals surface area contributed by atoms with Gasteiger partial charge in [0.15, 0.2) is 0 Å². The van der Waals surface area contributed by atoms with Gasteiger partial charge in [-0.25, -0.2) is 14.8 Å². The van der Waals surface area contributed by atoms with Crippen molar-refractivity contribution < 1.29 is 9.53 Å². The number of nitrogens with zero attached hydrogens (tertiary/aromatic N) is 6. The average Bonchev–Trinajstić information content (AvgIpc) is 2.83. The zero-order chi connectivity index (χ0) is 21.8. The van der Waals surface area contributed by atoms with Crippen LogP contribution >= 0.6 is 0 Å². The molecule has 9 nitrogen and oxygen atoms in total. The van der Waals surface area contributed by atoms with E-state index in [1.165, 1.54) is 17.0 Å². The molecule has 1 saturated heterocycles. The molecule has 1 aliphatic rings. The molecular formula is C22H22N6O3. The number of anilines is 1. The number of rotatable bonds is 4. The van der Waals surface area contributed by atoms with Crippen LogP contribution in [0.15, 0.2) is 47.5 Å². The number of pyridine rings is 1. The Morgan fingerprint density at radius 2 is 1.94 bits per heavy atom. The van der Waals surface area contributed by atoms with Crippen molar-refractivity contribution in [1.29, 1.82) is 5.26 Å². The first-order valence-electron chi connectivity index (χ1n) is 10.1. The monoisotopic (exact) mass is 418 g/mol. The van der Waals surface area contributed by atoms with Gasteiger partial charge in [-0.15, -0.1) is 0 Å². The third-order valence-electron chi connectivity index (χ3n) is 5.29. The minimum atomic E-state index is -0.352. The first-order chi connectivity index (χ1) is 15.1. The fraction of sp³-hybridized carbons (Fsp3) is 0.318. The van der Waals surface area contributed by atoms with Crippen LogP contribution in [0.25, 0.3) is 10.9 Å². The summed E-state index contributed by atoms with van der Waals surface area (Å²) in [6, 6.07) is 11.7. The summed E-state index contributed by atoms with van der Waals surface area (Å²) >= 11 is 0. The molecule has 31 heavy (non-hydrogen) atoms. The van der Waals surface area contributed by atoms with Gasteiger partial charge < -0.3 is 19.1 Å². The Bertz CT molecular complexity index is 1190. The molecule has 0 saturated carbocycles. The number of carbonyl (C=O) groups excluding carboxylic acids is 1. The summed E-state index contributed by atoms with van der Waals surface area (Å²) in [5.74, 6) is 0.440. The highest BCUT2D eigenvalue weighted by Crippen LogP contribution is 2.18. The summed E-state index contributed by atoms with van der Waals surface area (Å²) in [7, 11) is 0. The Hall–Kier alpha value is -3.93. The maximum absolute atomic E-state index is 12.5. The highest BCUT2D eigenvalue weighted by molar-refractivity contribution is 5.83. The van der Waals surface area contributed by atoms with Gasteiger partial charge in [0.2, 0.25) is 5.95 Å². The van der Waals surface area contributed by atoms with Gasteiger partial charge in [-0.05, 0) is 12.5 Å².